The van der Waals surface area contributed by atoms with E-state index in [2.05, 4.69) is 4.40 Å². The highest BCUT2D eigenvalue weighted by Gasteiger charge is 2.18. The summed E-state index contributed by atoms with van der Waals surface area (Å²) in [5, 5.41) is 9.62. The molecule has 0 saturated heterocycles. The zero-order valence-corrected chi connectivity index (χ0v) is 13.5. The number of ether oxygens (including phenoxy) is 1. The summed E-state index contributed by atoms with van der Waals surface area (Å²) in [5.74, 6) is 0.651. The molecule has 1 rings (SSSR count). The SMILES string of the molecule is CC(C)(O)COc1cccc(/C=N/S(=O)C(C)(C)C)c1. The van der Waals surface area contributed by atoms with Crippen molar-refractivity contribution in [2.24, 2.45) is 4.40 Å². The molecule has 20 heavy (non-hydrogen) atoms. The smallest absolute Gasteiger partial charge is 0.144 e. The summed E-state index contributed by atoms with van der Waals surface area (Å²) < 4.78 is 21.0. The summed E-state index contributed by atoms with van der Waals surface area (Å²) in [6.45, 7) is 9.22. The molecule has 1 atom stereocenters. The summed E-state index contributed by atoms with van der Waals surface area (Å²) in [6.07, 6.45) is 1.58. The van der Waals surface area contributed by atoms with Gasteiger partial charge in [-0.25, -0.2) is 4.21 Å². The van der Waals surface area contributed by atoms with E-state index in [0.29, 0.717) is 5.75 Å². The molecule has 0 fully saturated rings. The number of hydrogen-bond acceptors (Lipinski definition) is 3. The number of nitrogens with zero attached hydrogens (tertiary/aromatic N) is 1. The second kappa shape index (κ2) is 6.50. The van der Waals surface area contributed by atoms with Gasteiger partial charge in [0.15, 0.2) is 0 Å². The Kier molecular flexibility index (Phi) is 5.48. The van der Waals surface area contributed by atoms with Crippen LogP contribution >= 0.6 is 0 Å². The van der Waals surface area contributed by atoms with Crippen LogP contribution in [0.5, 0.6) is 5.75 Å². The molecule has 0 aromatic heterocycles. The monoisotopic (exact) mass is 297 g/mol. The van der Waals surface area contributed by atoms with Crippen molar-refractivity contribution < 1.29 is 14.1 Å². The zero-order chi connectivity index (χ0) is 15.4. The van der Waals surface area contributed by atoms with Crippen LogP contribution in [0.2, 0.25) is 0 Å². The number of aliphatic hydroxyl groups is 1. The van der Waals surface area contributed by atoms with Gasteiger partial charge in [0.2, 0.25) is 0 Å². The van der Waals surface area contributed by atoms with Crippen LogP contribution in [0.4, 0.5) is 0 Å². The van der Waals surface area contributed by atoms with Gasteiger partial charge in [-0.1, -0.05) is 12.1 Å². The first-order valence-corrected chi connectivity index (χ1v) is 7.60. The van der Waals surface area contributed by atoms with Crippen LogP contribution in [0, 0.1) is 0 Å². The Labute approximate surface area is 123 Å². The molecule has 0 saturated carbocycles. The Morgan fingerprint density at radius 1 is 1.30 bits per heavy atom. The van der Waals surface area contributed by atoms with Gasteiger partial charge in [-0.3, -0.25) is 0 Å². The normalized spacial score (nSPS) is 14.5. The van der Waals surface area contributed by atoms with Crippen molar-refractivity contribution in [2.75, 3.05) is 6.61 Å². The molecule has 0 heterocycles. The van der Waals surface area contributed by atoms with E-state index in [1.54, 1.807) is 26.1 Å². The average molecular weight is 297 g/mol. The summed E-state index contributed by atoms with van der Waals surface area (Å²) >= 11 is 0. The molecule has 0 aliphatic rings. The molecule has 1 aromatic carbocycles. The number of hydrogen-bond donors (Lipinski definition) is 1. The minimum atomic E-state index is -1.27. The highest BCUT2D eigenvalue weighted by molar-refractivity contribution is 7.85. The fourth-order valence-electron chi connectivity index (χ4n) is 1.21. The van der Waals surface area contributed by atoms with Crippen molar-refractivity contribution >= 4 is 17.2 Å². The van der Waals surface area contributed by atoms with Gasteiger partial charge in [-0.05, 0) is 52.3 Å². The third-order valence-electron chi connectivity index (χ3n) is 2.27. The predicted molar refractivity (Wildman–Crippen MR) is 83.7 cm³/mol. The summed E-state index contributed by atoms with van der Waals surface area (Å²) in [4.78, 5) is 0. The lowest BCUT2D eigenvalue weighted by atomic mass is 10.1. The first kappa shape index (κ1) is 16.9. The van der Waals surface area contributed by atoms with Crippen molar-refractivity contribution in [3.63, 3.8) is 0 Å². The molecule has 0 radical (unpaired) electrons. The molecular formula is C15H23NO3S. The van der Waals surface area contributed by atoms with E-state index >= 15 is 0 Å². The van der Waals surface area contributed by atoms with Crippen LogP contribution in [0.1, 0.15) is 40.2 Å². The van der Waals surface area contributed by atoms with E-state index in [1.807, 2.05) is 39.0 Å². The Bertz CT molecular complexity index is 499. The Morgan fingerprint density at radius 2 is 1.95 bits per heavy atom. The van der Waals surface area contributed by atoms with Crippen LogP contribution in [-0.2, 0) is 11.0 Å². The van der Waals surface area contributed by atoms with E-state index in [1.165, 1.54) is 0 Å². The zero-order valence-electron chi connectivity index (χ0n) is 12.7. The van der Waals surface area contributed by atoms with Gasteiger partial charge in [0.1, 0.15) is 23.3 Å². The molecule has 1 N–H and O–H groups in total. The fraction of sp³-hybridized carbons (Fsp3) is 0.533. The highest BCUT2D eigenvalue weighted by atomic mass is 32.2. The Morgan fingerprint density at radius 3 is 2.50 bits per heavy atom. The van der Waals surface area contributed by atoms with E-state index < -0.39 is 16.6 Å². The van der Waals surface area contributed by atoms with Crippen LogP contribution in [0.3, 0.4) is 0 Å². The van der Waals surface area contributed by atoms with Gasteiger partial charge >= 0.3 is 0 Å². The molecule has 0 aliphatic carbocycles. The summed E-state index contributed by atoms with van der Waals surface area (Å²) in [5.41, 5.74) is -0.0616. The highest BCUT2D eigenvalue weighted by Crippen LogP contribution is 2.16. The molecule has 0 bridgehead atoms. The van der Waals surface area contributed by atoms with Gasteiger partial charge < -0.3 is 9.84 Å². The molecule has 1 aromatic rings. The number of benzene rings is 1. The van der Waals surface area contributed by atoms with Gasteiger partial charge in [-0.15, -0.1) is 0 Å². The Balaban J connectivity index is 2.74. The van der Waals surface area contributed by atoms with Crippen molar-refractivity contribution in [1.29, 1.82) is 0 Å². The van der Waals surface area contributed by atoms with Crippen molar-refractivity contribution in [1.82, 2.24) is 0 Å². The predicted octanol–water partition coefficient (Wildman–Crippen LogP) is 2.72. The van der Waals surface area contributed by atoms with Crippen LogP contribution in [-0.4, -0.2) is 32.5 Å². The quantitative estimate of drug-likeness (QED) is 0.850. The standard InChI is InChI=1S/C15H23NO3S/c1-14(2,3)20(18)16-10-12-7-6-8-13(9-12)19-11-15(4,5)17/h6-10,17H,11H2,1-5H3/b16-10+. The molecule has 1 unspecified atom stereocenters. The van der Waals surface area contributed by atoms with E-state index in [4.69, 9.17) is 4.74 Å². The lowest BCUT2D eigenvalue weighted by molar-refractivity contribution is 0.0285. The molecule has 5 heteroatoms. The van der Waals surface area contributed by atoms with E-state index in [0.717, 1.165) is 5.56 Å². The minimum absolute atomic E-state index is 0.210. The van der Waals surface area contributed by atoms with Crippen LogP contribution < -0.4 is 4.74 Å². The molecule has 0 amide bonds. The van der Waals surface area contributed by atoms with Gasteiger partial charge in [0, 0.05) is 6.21 Å². The molecule has 112 valence electrons. The second-order valence-corrected chi connectivity index (χ2v) is 8.20. The average Bonchev–Trinajstić information content (AvgIpc) is 2.32. The maximum absolute atomic E-state index is 11.8. The third kappa shape index (κ3) is 6.30. The first-order chi connectivity index (χ1) is 9.08. The summed E-state index contributed by atoms with van der Waals surface area (Å²) in [6, 6.07) is 7.31. The van der Waals surface area contributed by atoms with E-state index in [9.17, 15) is 9.32 Å². The third-order valence-corrected chi connectivity index (χ3v) is 3.62. The van der Waals surface area contributed by atoms with Crippen LogP contribution in [0.25, 0.3) is 0 Å². The van der Waals surface area contributed by atoms with Gasteiger partial charge in [0.05, 0.1) is 10.3 Å². The first-order valence-electron chi connectivity index (χ1n) is 6.49. The van der Waals surface area contributed by atoms with Crippen molar-refractivity contribution in [3.8, 4) is 5.75 Å². The minimum Gasteiger partial charge on any atom is -0.491 e. The molecule has 4 nitrogen and oxygen atoms in total. The second-order valence-electron chi connectivity index (χ2n) is 6.27. The van der Waals surface area contributed by atoms with E-state index in [-0.39, 0.29) is 11.4 Å². The molecule has 0 spiro atoms. The maximum atomic E-state index is 11.8. The maximum Gasteiger partial charge on any atom is 0.144 e. The fourth-order valence-corrected chi connectivity index (χ4v) is 1.75. The lowest BCUT2D eigenvalue weighted by Crippen LogP contribution is -2.27. The Hall–Kier alpha value is -1.20. The number of rotatable bonds is 5. The van der Waals surface area contributed by atoms with Crippen LogP contribution in [0.15, 0.2) is 28.7 Å². The lowest BCUT2D eigenvalue weighted by Gasteiger charge is -2.17. The van der Waals surface area contributed by atoms with Crippen molar-refractivity contribution in [3.05, 3.63) is 29.8 Å². The van der Waals surface area contributed by atoms with Gasteiger partial charge in [-0.2, -0.15) is 4.40 Å². The van der Waals surface area contributed by atoms with Gasteiger partial charge in [0.25, 0.3) is 0 Å². The summed E-state index contributed by atoms with van der Waals surface area (Å²) in [7, 11) is -1.27. The topological polar surface area (TPSA) is 58.9 Å². The molecular weight excluding hydrogens is 274 g/mol. The molecule has 0 aliphatic heterocycles. The van der Waals surface area contributed by atoms with Crippen molar-refractivity contribution in [2.45, 2.75) is 45.0 Å². The largest absolute Gasteiger partial charge is 0.491 e.